The predicted octanol–water partition coefficient (Wildman–Crippen LogP) is 3.61. The van der Waals surface area contributed by atoms with Crippen molar-refractivity contribution in [2.24, 2.45) is 11.7 Å². The fourth-order valence-electron chi connectivity index (χ4n) is 1.98. The summed E-state index contributed by atoms with van der Waals surface area (Å²) in [5, 5.41) is 0. The van der Waals surface area contributed by atoms with Crippen molar-refractivity contribution in [3.63, 3.8) is 0 Å². The molecule has 1 aromatic heterocycles. The molecule has 0 radical (unpaired) electrons. The van der Waals surface area contributed by atoms with Crippen LogP contribution in [0.2, 0.25) is 0 Å². The highest BCUT2D eigenvalue weighted by Gasteiger charge is 2.26. The third-order valence-electron chi connectivity index (χ3n) is 3.27. The zero-order chi connectivity index (χ0) is 12.9. The van der Waals surface area contributed by atoms with Crippen molar-refractivity contribution >= 4 is 0 Å². The largest absolute Gasteiger partial charge is 0.320 e. The van der Waals surface area contributed by atoms with E-state index in [1.807, 2.05) is 0 Å². The SMILES string of the molecule is CCC(N)(CCCC(C)C)c1ccc(F)cn1. The molecule has 0 aliphatic carbocycles. The molecule has 1 atom stereocenters. The zero-order valence-corrected chi connectivity index (χ0v) is 11.0. The minimum Gasteiger partial charge on any atom is -0.320 e. The maximum atomic E-state index is 12.8. The second-order valence-corrected chi connectivity index (χ2v) is 5.16. The molecule has 96 valence electrons. The number of aromatic nitrogens is 1. The highest BCUT2D eigenvalue weighted by atomic mass is 19.1. The van der Waals surface area contributed by atoms with E-state index in [0.717, 1.165) is 25.0 Å². The van der Waals surface area contributed by atoms with Crippen LogP contribution in [0.15, 0.2) is 18.3 Å². The number of nitrogens with two attached hydrogens (primary N) is 1. The van der Waals surface area contributed by atoms with E-state index in [9.17, 15) is 4.39 Å². The Kier molecular flexibility index (Phi) is 5.06. The van der Waals surface area contributed by atoms with Gasteiger partial charge in [0, 0.05) is 0 Å². The third-order valence-corrected chi connectivity index (χ3v) is 3.27. The van der Waals surface area contributed by atoms with Crippen LogP contribution in [0, 0.1) is 11.7 Å². The first-order chi connectivity index (χ1) is 7.98. The maximum Gasteiger partial charge on any atom is 0.141 e. The normalized spacial score (nSPS) is 14.9. The van der Waals surface area contributed by atoms with Crippen LogP contribution in [-0.4, -0.2) is 4.98 Å². The molecular weight excluding hydrogens is 215 g/mol. The van der Waals surface area contributed by atoms with Crippen molar-refractivity contribution in [1.82, 2.24) is 4.98 Å². The van der Waals surface area contributed by atoms with Gasteiger partial charge in [0.15, 0.2) is 0 Å². The number of rotatable bonds is 6. The molecule has 0 amide bonds. The summed E-state index contributed by atoms with van der Waals surface area (Å²) in [6, 6.07) is 3.14. The Bertz CT molecular complexity index is 335. The summed E-state index contributed by atoms with van der Waals surface area (Å²) < 4.78 is 12.8. The average Bonchev–Trinajstić information content (AvgIpc) is 2.29. The van der Waals surface area contributed by atoms with E-state index in [2.05, 4.69) is 25.8 Å². The van der Waals surface area contributed by atoms with Gasteiger partial charge in [-0.3, -0.25) is 4.98 Å². The van der Waals surface area contributed by atoms with Gasteiger partial charge in [0.2, 0.25) is 0 Å². The zero-order valence-electron chi connectivity index (χ0n) is 11.0. The Labute approximate surface area is 103 Å². The van der Waals surface area contributed by atoms with Gasteiger partial charge in [-0.15, -0.1) is 0 Å². The fraction of sp³-hybridized carbons (Fsp3) is 0.643. The lowest BCUT2D eigenvalue weighted by Gasteiger charge is -2.28. The van der Waals surface area contributed by atoms with Crippen LogP contribution in [0.1, 0.15) is 52.1 Å². The quantitative estimate of drug-likeness (QED) is 0.822. The summed E-state index contributed by atoms with van der Waals surface area (Å²) in [6.45, 7) is 6.47. The van der Waals surface area contributed by atoms with Crippen LogP contribution in [0.5, 0.6) is 0 Å². The van der Waals surface area contributed by atoms with Crippen molar-refractivity contribution in [2.75, 3.05) is 0 Å². The molecule has 2 nitrogen and oxygen atoms in total. The van der Waals surface area contributed by atoms with Crippen molar-refractivity contribution < 1.29 is 4.39 Å². The van der Waals surface area contributed by atoms with E-state index in [1.165, 1.54) is 18.7 Å². The Morgan fingerprint density at radius 3 is 2.59 bits per heavy atom. The standard InChI is InChI=1S/C14H23FN2/c1-4-14(16,9-5-6-11(2)3)13-8-7-12(15)10-17-13/h7-8,10-11H,4-6,9,16H2,1-3H3. The molecule has 1 aromatic rings. The van der Waals surface area contributed by atoms with Gasteiger partial charge < -0.3 is 5.73 Å². The van der Waals surface area contributed by atoms with Gasteiger partial charge in [0.25, 0.3) is 0 Å². The Hall–Kier alpha value is -0.960. The second kappa shape index (κ2) is 6.10. The van der Waals surface area contributed by atoms with Gasteiger partial charge in [0.1, 0.15) is 5.82 Å². The Balaban J connectivity index is 2.70. The molecule has 0 aliphatic rings. The molecule has 0 aliphatic heterocycles. The van der Waals surface area contributed by atoms with E-state index in [0.29, 0.717) is 5.92 Å². The summed E-state index contributed by atoms with van der Waals surface area (Å²) in [7, 11) is 0. The summed E-state index contributed by atoms with van der Waals surface area (Å²) in [4.78, 5) is 4.12. The molecule has 1 unspecified atom stereocenters. The maximum absolute atomic E-state index is 12.8. The first kappa shape index (κ1) is 14.1. The molecule has 0 saturated heterocycles. The molecular formula is C14H23FN2. The van der Waals surface area contributed by atoms with Crippen molar-refractivity contribution in [3.8, 4) is 0 Å². The number of pyridine rings is 1. The molecule has 0 bridgehead atoms. The van der Waals surface area contributed by atoms with Crippen LogP contribution in [0.4, 0.5) is 4.39 Å². The molecule has 0 fully saturated rings. The molecule has 0 aromatic carbocycles. The number of nitrogens with zero attached hydrogens (tertiary/aromatic N) is 1. The minimum absolute atomic E-state index is 0.311. The molecule has 1 heterocycles. The van der Waals surface area contributed by atoms with E-state index in [4.69, 9.17) is 5.73 Å². The first-order valence-electron chi connectivity index (χ1n) is 6.39. The van der Waals surface area contributed by atoms with Crippen LogP contribution < -0.4 is 5.73 Å². The molecule has 2 N–H and O–H groups in total. The second-order valence-electron chi connectivity index (χ2n) is 5.16. The summed E-state index contributed by atoms with van der Waals surface area (Å²) in [6.07, 6.45) is 5.22. The van der Waals surface area contributed by atoms with Gasteiger partial charge in [-0.05, 0) is 30.9 Å². The average molecular weight is 238 g/mol. The van der Waals surface area contributed by atoms with Crippen molar-refractivity contribution in [1.29, 1.82) is 0 Å². The fourth-order valence-corrected chi connectivity index (χ4v) is 1.98. The Morgan fingerprint density at radius 2 is 2.12 bits per heavy atom. The molecule has 3 heteroatoms. The lowest BCUT2D eigenvalue weighted by Crippen LogP contribution is -2.37. The lowest BCUT2D eigenvalue weighted by molar-refractivity contribution is 0.354. The van der Waals surface area contributed by atoms with Crippen molar-refractivity contribution in [2.45, 2.75) is 52.0 Å². The molecule has 0 spiro atoms. The smallest absolute Gasteiger partial charge is 0.141 e. The topological polar surface area (TPSA) is 38.9 Å². The van der Waals surface area contributed by atoms with E-state index >= 15 is 0 Å². The Morgan fingerprint density at radius 1 is 1.41 bits per heavy atom. The minimum atomic E-state index is -0.414. The number of hydrogen-bond acceptors (Lipinski definition) is 2. The molecule has 0 saturated carbocycles. The van der Waals surface area contributed by atoms with Gasteiger partial charge in [-0.2, -0.15) is 0 Å². The first-order valence-corrected chi connectivity index (χ1v) is 6.39. The molecule has 17 heavy (non-hydrogen) atoms. The van der Waals surface area contributed by atoms with Crippen molar-refractivity contribution in [3.05, 3.63) is 29.8 Å². The van der Waals surface area contributed by atoms with Gasteiger partial charge in [0.05, 0.1) is 17.4 Å². The van der Waals surface area contributed by atoms with E-state index < -0.39 is 5.54 Å². The predicted molar refractivity (Wildman–Crippen MR) is 69.0 cm³/mol. The van der Waals surface area contributed by atoms with Crippen LogP contribution in [0.3, 0.4) is 0 Å². The van der Waals surface area contributed by atoms with E-state index in [-0.39, 0.29) is 5.82 Å². The van der Waals surface area contributed by atoms with Gasteiger partial charge in [-0.25, -0.2) is 4.39 Å². The summed E-state index contributed by atoms with van der Waals surface area (Å²) in [5.41, 5.74) is 6.75. The molecule has 1 rings (SSSR count). The number of hydrogen-bond donors (Lipinski definition) is 1. The van der Waals surface area contributed by atoms with Crippen LogP contribution in [0.25, 0.3) is 0 Å². The van der Waals surface area contributed by atoms with Gasteiger partial charge >= 0.3 is 0 Å². The highest BCUT2D eigenvalue weighted by molar-refractivity contribution is 5.15. The highest BCUT2D eigenvalue weighted by Crippen LogP contribution is 2.27. The van der Waals surface area contributed by atoms with Crippen LogP contribution in [-0.2, 0) is 5.54 Å². The lowest BCUT2D eigenvalue weighted by atomic mass is 9.86. The third kappa shape index (κ3) is 4.08. The van der Waals surface area contributed by atoms with Gasteiger partial charge in [-0.1, -0.05) is 33.6 Å². The summed E-state index contributed by atoms with van der Waals surface area (Å²) >= 11 is 0. The summed E-state index contributed by atoms with van der Waals surface area (Å²) in [5.74, 6) is 0.381. The van der Waals surface area contributed by atoms with E-state index in [1.54, 1.807) is 6.07 Å². The monoisotopic (exact) mass is 238 g/mol. The van der Waals surface area contributed by atoms with Crippen LogP contribution >= 0.6 is 0 Å². The number of halogens is 1.